The van der Waals surface area contributed by atoms with Crippen molar-refractivity contribution in [3.8, 4) is 0 Å². The average molecular weight is 305 g/mol. The first-order valence-corrected chi connectivity index (χ1v) is 6.39. The summed E-state index contributed by atoms with van der Waals surface area (Å²) in [6, 6.07) is 3.55. The Hall–Kier alpha value is -1.20. The molecule has 1 fully saturated rings. The summed E-state index contributed by atoms with van der Waals surface area (Å²) in [4.78, 5) is 13.7. The Balaban J connectivity index is 0.00000200. The quantitative estimate of drug-likeness (QED) is 0.904. The Kier molecular flexibility index (Phi) is 5.89. The molecule has 0 heterocycles. The highest BCUT2D eigenvalue weighted by molar-refractivity contribution is 5.85. The van der Waals surface area contributed by atoms with E-state index in [0.29, 0.717) is 18.5 Å². The zero-order chi connectivity index (χ0) is 14.0. The molecular weight excluding hydrogens is 286 g/mol. The van der Waals surface area contributed by atoms with Gasteiger partial charge in [0.15, 0.2) is 0 Å². The van der Waals surface area contributed by atoms with E-state index < -0.39 is 11.6 Å². The SMILES string of the molecule is CNCCN(C)C(=O)C1CC1c1ccc(F)cc1F.Cl. The van der Waals surface area contributed by atoms with E-state index in [1.165, 1.54) is 12.1 Å². The molecule has 1 aromatic carbocycles. The summed E-state index contributed by atoms with van der Waals surface area (Å²) < 4.78 is 26.4. The van der Waals surface area contributed by atoms with E-state index in [1.807, 2.05) is 7.05 Å². The van der Waals surface area contributed by atoms with Crippen LogP contribution in [0.3, 0.4) is 0 Å². The number of carbonyl (C=O) groups excluding carboxylic acids is 1. The molecule has 20 heavy (non-hydrogen) atoms. The minimum absolute atomic E-state index is 0. The number of hydrogen-bond donors (Lipinski definition) is 1. The predicted octanol–water partition coefficient (Wildman–Crippen LogP) is 2.17. The van der Waals surface area contributed by atoms with Crippen molar-refractivity contribution in [2.45, 2.75) is 12.3 Å². The fraction of sp³-hybridized carbons (Fsp3) is 0.500. The average Bonchev–Trinajstić information content (AvgIpc) is 3.15. The van der Waals surface area contributed by atoms with Crippen LogP contribution in [0, 0.1) is 17.6 Å². The molecule has 1 aliphatic carbocycles. The zero-order valence-corrected chi connectivity index (χ0v) is 12.3. The van der Waals surface area contributed by atoms with Crippen molar-refractivity contribution in [3.05, 3.63) is 35.4 Å². The van der Waals surface area contributed by atoms with Gasteiger partial charge in [0.25, 0.3) is 0 Å². The van der Waals surface area contributed by atoms with E-state index in [-0.39, 0.29) is 30.2 Å². The van der Waals surface area contributed by atoms with Crippen LogP contribution in [0.2, 0.25) is 0 Å². The van der Waals surface area contributed by atoms with Gasteiger partial charge in [-0.2, -0.15) is 0 Å². The van der Waals surface area contributed by atoms with Gasteiger partial charge >= 0.3 is 0 Å². The largest absolute Gasteiger partial charge is 0.344 e. The van der Waals surface area contributed by atoms with Crippen LogP contribution in [0.25, 0.3) is 0 Å². The number of rotatable bonds is 5. The van der Waals surface area contributed by atoms with E-state index >= 15 is 0 Å². The molecule has 6 heteroatoms. The first-order chi connectivity index (χ1) is 9.04. The highest BCUT2D eigenvalue weighted by atomic mass is 35.5. The summed E-state index contributed by atoms with van der Waals surface area (Å²) in [5.41, 5.74) is 0.446. The fourth-order valence-electron chi connectivity index (χ4n) is 2.29. The molecule has 1 aromatic rings. The molecule has 2 rings (SSSR count). The van der Waals surface area contributed by atoms with E-state index in [9.17, 15) is 13.6 Å². The smallest absolute Gasteiger partial charge is 0.226 e. The van der Waals surface area contributed by atoms with Crippen molar-refractivity contribution in [2.75, 3.05) is 27.2 Å². The summed E-state index contributed by atoms with van der Waals surface area (Å²) in [7, 11) is 3.57. The lowest BCUT2D eigenvalue weighted by Gasteiger charge is -2.17. The summed E-state index contributed by atoms with van der Waals surface area (Å²) in [5, 5.41) is 2.98. The maximum Gasteiger partial charge on any atom is 0.226 e. The van der Waals surface area contributed by atoms with Crippen LogP contribution in [0.4, 0.5) is 8.78 Å². The van der Waals surface area contributed by atoms with Gasteiger partial charge in [0.2, 0.25) is 5.91 Å². The highest BCUT2D eigenvalue weighted by Crippen LogP contribution is 2.49. The molecule has 0 radical (unpaired) electrons. The van der Waals surface area contributed by atoms with Crippen LogP contribution in [0.15, 0.2) is 18.2 Å². The third kappa shape index (κ3) is 3.67. The third-order valence-electron chi connectivity index (χ3n) is 3.54. The highest BCUT2D eigenvalue weighted by Gasteiger charge is 2.46. The molecule has 0 bridgehead atoms. The molecule has 1 amide bonds. The molecule has 1 saturated carbocycles. The molecule has 0 aromatic heterocycles. The van der Waals surface area contributed by atoms with Crippen LogP contribution in [-0.4, -0.2) is 38.0 Å². The number of hydrogen-bond acceptors (Lipinski definition) is 2. The minimum Gasteiger partial charge on any atom is -0.344 e. The summed E-state index contributed by atoms with van der Waals surface area (Å²) in [6.45, 7) is 1.36. The Morgan fingerprint density at radius 2 is 2.15 bits per heavy atom. The Morgan fingerprint density at radius 1 is 1.45 bits per heavy atom. The number of likely N-dealkylation sites (N-methyl/N-ethyl adjacent to an activating group) is 2. The standard InChI is InChI=1S/C14H18F2N2O.ClH/c1-17-5-6-18(2)14(19)12-8-11(12)10-4-3-9(15)7-13(10)16;/h3-4,7,11-12,17H,5-6,8H2,1-2H3;1H. The number of halogens is 3. The second kappa shape index (κ2) is 6.99. The van der Waals surface area contributed by atoms with Gasteiger partial charge in [0, 0.05) is 32.1 Å². The maximum atomic E-state index is 13.6. The summed E-state index contributed by atoms with van der Waals surface area (Å²) >= 11 is 0. The van der Waals surface area contributed by atoms with Gasteiger partial charge in [-0.3, -0.25) is 4.79 Å². The van der Waals surface area contributed by atoms with Crippen LogP contribution in [-0.2, 0) is 4.79 Å². The Bertz CT molecular complexity index is 484. The number of carbonyl (C=O) groups is 1. The van der Waals surface area contributed by atoms with Crippen molar-refractivity contribution < 1.29 is 13.6 Å². The van der Waals surface area contributed by atoms with Gasteiger partial charge in [-0.15, -0.1) is 12.4 Å². The van der Waals surface area contributed by atoms with Crippen LogP contribution in [0.5, 0.6) is 0 Å². The molecule has 0 spiro atoms. The van der Waals surface area contributed by atoms with Crippen LogP contribution >= 0.6 is 12.4 Å². The van der Waals surface area contributed by atoms with E-state index in [1.54, 1.807) is 11.9 Å². The maximum absolute atomic E-state index is 13.6. The lowest BCUT2D eigenvalue weighted by molar-refractivity contribution is -0.131. The molecule has 2 unspecified atom stereocenters. The lowest BCUT2D eigenvalue weighted by atomic mass is 10.1. The van der Waals surface area contributed by atoms with E-state index in [2.05, 4.69) is 5.32 Å². The Morgan fingerprint density at radius 3 is 2.75 bits per heavy atom. The topological polar surface area (TPSA) is 32.3 Å². The van der Waals surface area contributed by atoms with Crippen molar-refractivity contribution in [1.29, 1.82) is 0 Å². The van der Waals surface area contributed by atoms with Gasteiger partial charge in [-0.05, 0) is 31.0 Å². The van der Waals surface area contributed by atoms with E-state index in [4.69, 9.17) is 0 Å². The molecule has 112 valence electrons. The molecular formula is C14H19ClF2N2O. The van der Waals surface area contributed by atoms with Crippen molar-refractivity contribution >= 4 is 18.3 Å². The monoisotopic (exact) mass is 304 g/mol. The van der Waals surface area contributed by atoms with Crippen LogP contribution in [0.1, 0.15) is 17.9 Å². The second-order valence-corrected chi connectivity index (χ2v) is 4.98. The summed E-state index contributed by atoms with van der Waals surface area (Å²) in [6.07, 6.45) is 0.644. The second-order valence-electron chi connectivity index (χ2n) is 4.98. The van der Waals surface area contributed by atoms with Crippen molar-refractivity contribution in [2.24, 2.45) is 5.92 Å². The van der Waals surface area contributed by atoms with Crippen LogP contribution < -0.4 is 5.32 Å². The lowest BCUT2D eigenvalue weighted by Crippen LogP contribution is -2.34. The number of nitrogens with one attached hydrogen (secondary N) is 1. The van der Waals surface area contributed by atoms with Gasteiger partial charge in [0.05, 0.1) is 0 Å². The molecule has 2 atom stereocenters. The van der Waals surface area contributed by atoms with Crippen molar-refractivity contribution in [3.63, 3.8) is 0 Å². The third-order valence-corrected chi connectivity index (χ3v) is 3.54. The van der Waals surface area contributed by atoms with Crippen molar-refractivity contribution in [1.82, 2.24) is 10.2 Å². The first-order valence-electron chi connectivity index (χ1n) is 6.39. The molecule has 0 saturated heterocycles. The minimum atomic E-state index is -0.587. The first kappa shape index (κ1) is 16.9. The molecule has 1 N–H and O–H groups in total. The number of nitrogens with zero attached hydrogens (tertiary/aromatic N) is 1. The number of benzene rings is 1. The Labute approximate surface area is 123 Å². The zero-order valence-electron chi connectivity index (χ0n) is 11.5. The van der Waals surface area contributed by atoms with Gasteiger partial charge in [-0.25, -0.2) is 8.78 Å². The molecule has 3 nitrogen and oxygen atoms in total. The summed E-state index contributed by atoms with van der Waals surface area (Å²) in [5.74, 6) is -1.38. The van der Waals surface area contributed by atoms with Gasteiger partial charge in [0.1, 0.15) is 11.6 Å². The van der Waals surface area contributed by atoms with E-state index in [0.717, 1.165) is 12.6 Å². The molecule has 0 aliphatic heterocycles. The van der Waals surface area contributed by atoms with Gasteiger partial charge in [-0.1, -0.05) is 6.07 Å². The molecule has 1 aliphatic rings. The normalized spacial score (nSPS) is 20.2. The fourth-order valence-corrected chi connectivity index (χ4v) is 2.29. The number of amides is 1. The van der Waals surface area contributed by atoms with Gasteiger partial charge < -0.3 is 10.2 Å². The predicted molar refractivity (Wildman–Crippen MR) is 76.0 cm³/mol.